The van der Waals surface area contributed by atoms with Gasteiger partial charge in [-0.25, -0.2) is 0 Å². The maximum Gasteiger partial charge on any atom is 0.122 e. The first-order valence-electron chi connectivity index (χ1n) is 5.41. The molecule has 0 spiro atoms. The van der Waals surface area contributed by atoms with Gasteiger partial charge in [0.1, 0.15) is 5.75 Å². The maximum atomic E-state index is 5.59. The summed E-state index contributed by atoms with van der Waals surface area (Å²) in [6, 6.07) is 4.21. The molecule has 1 aromatic rings. The first kappa shape index (κ1) is 13.0. The second-order valence-corrected chi connectivity index (χ2v) is 4.84. The summed E-state index contributed by atoms with van der Waals surface area (Å²) >= 11 is 4.95. The number of thiocarbonyl (C=S) groups is 1. The molecule has 0 amide bonds. The lowest BCUT2D eigenvalue weighted by Gasteiger charge is -2.15. The number of ether oxygens (including phenoxy) is 1. The fourth-order valence-corrected chi connectivity index (χ4v) is 1.91. The topological polar surface area (TPSA) is 35.2 Å². The van der Waals surface area contributed by atoms with Gasteiger partial charge in [0.25, 0.3) is 0 Å². The number of methoxy groups -OCH3 is 1. The molecule has 2 nitrogen and oxygen atoms in total. The van der Waals surface area contributed by atoms with Crippen molar-refractivity contribution in [3.8, 4) is 5.75 Å². The third-order valence-electron chi connectivity index (χ3n) is 2.67. The Morgan fingerprint density at radius 2 is 2.06 bits per heavy atom. The normalized spacial score (nSPS) is 10.6. The smallest absolute Gasteiger partial charge is 0.122 e. The Bertz CT molecular complexity index is 399. The highest BCUT2D eigenvalue weighted by Crippen LogP contribution is 2.29. The summed E-state index contributed by atoms with van der Waals surface area (Å²) < 4.78 is 5.38. The largest absolute Gasteiger partial charge is 0.496 e. The number of hydrogen-bond acceptors (Lipinski definition) is 2. The van der Waals surface area contributed by atoms with Crippen molar-refractivity contribution in [1.82, 2.24) is 0 Å². The minimum absolute atomic E-state index is 0.431. The summed E-state index contributed by atoms with van der Waals surface area (Å²) in [5.41, 5.74) is 9.16. The van der Waals surface area contributed by atoms with Gasteiger partial charge in [0, 0.05) is 6.42 Å². The molecule has 2 N–H and O–H groups in total. The summed E-state index contributed by atoms with van der Waals surface area (Å²) in [5, 5.41) is 0. The van der Waals surface area contributed by atoms with Crippen LogP contribution in [0.25, 0.3) is 0 Å². The number of benzene rings is 1. The van der Waals surface area contributed by atoms with Crippen LogP contribution >= 0.6 is 12.2 Å². The van der Waals surface area contributed by atoms with E-state index in [-0.39, 0.29) is 0 Å². The van der Waals surface area contributed by atoms with E-state index >= 15 is 0 Å². The van der Waals surface area contributed by atoms with Crippen LogP contribution in [0, 0.1) is 6.92 Å². The van der Waals surface area contributed by atoms with Gasteiger partial charge in [-0.3, -0.25) is 0 Å². The van der Waals surface area contributed by atoms with Gasteiger partial charge in [0.2, 0.25) is 0 Å². The summed E-state index contributed by atoms with van der Waals surface area (Å²) in [6.07, 6.45) is 0.658. The zero-order chi connectivity index (χ0) is 12.3. The highest BCUT2D eigenvalue weighted by Gasteiger charge is 2.11. The molecule has 0 atom stereocenters. The number of hydrogen-bond donors (Lipinski definition) is 1. The molecule has 0 radical (unpaired) electrons. The van der Waals surface area contributed by atoms with Gasteiger partial charge in [-0.05, 0) is 35.6 Å². The van der Waals surface area contributed by atoms with Crippen molar-refractivity contribution in [2.75, 3.05) is 7.11 Å². The van der Waals surface area contributed by atoms with Crippen LogP contribution in [-0.4, -0.2) is 12.1 Å². The fourth-order valence-electron chi connectivity index (χ4n) is 1.75. The monoisotopic (exact) mass is 237 g/mol. The van der Waals surface area contributed by atoms with E-state index in [4.69, 9.17) is 22.7 Å². The van der Waals surface area contributed by atoms with Crippen LogP contribution in [0.1, 0.15) is 36.5 Å². The molecular formula is C13H19NOS. The molecule has 88 valence electrons. The zero-order valence-electron chi connectivity index (χ0n) is 10.3. The van der Waals surface area contributed by atoms with Crippen LogP contribution in [0.3, 0.4) is 0 Å². The van der Waals surface area contributed by atoms with Gasteiger partial charge in [0.15, 0.2) is 0 Å². The van der Waals surface area contributed by atoms with Crippen LogP contribution in [-0.2, 0) is 6.42 Å². The van der Waals surface area contributed by atoms with Crippen LogP contribution in [0.15, 0.2) is 12.1 Å². The van der Waals surface area contributed by atoms with E-state index in [2.05, 4.69) is 32.9 Å². The van der Waals surface area contributed by atoms with E-state index in [1.165, 1.54) is 16.7 Å². The van der Waals surface area contributed by atoms with Crippen LogP contribution in [0.4, 0.5) is 0 Å². The van der Waals surface area contributed by atoms with Crippen molar-refractivity contribution in [3.63, 3.8) is 0 Å². The molecule has 0 heterocycles. The number of nitrogens with two attached hydrogens (primary N) is 1. The molecule has 0 unspecified atom stereocenters. The summed E-state index contributed by atoms with van der Waals surface area (Å²) in [7, 11) is 1.70. The Morgan fingerprint density at radius 3 is 2.50 bits per heavy atom. The Morgan fingerprint density at radius 1 is 1.44 bits per heavy atom. The van der Waals surface area contributed by atoms with E-state index in [9.17, 15) is 0 Å². The fraction of sp³-hybridized carbons (Fsp3) is 0.462. The predicted octanol–water partition coefficient (Wildman–Crippen LogP) is 2.96. The second-order valence-electron chi connectivity index (χ2n) is 4.32. The lowest BCUT2D eigenvalue weighted by Crippen LogP contribution is -2.12. The predicted molar refractivity (Wildman–Crippen MR) is 72.3 cm³/mol. The van der Waals surface area contributed by atoms with E-state index in [0.29, 0.717) is 17.3 Å². The molecule has 0 saturated carbocycles. The maximum absolute atomic E-state index is 5.59. The molecule has 1 aromatic carbocycles. The Hall–Kier alpha value is -1.09. The van der Waals surface area contributed by atoms with Crippen molar-refractivity contribution in [3.05, 3.63) is 28.8 Å². The molecule has 0 aromatic heterocycles. The molecule has 0 bridgehead atoms. The summed E-state index contributed by atoms with van der Waals surface area (Å²) in [5.74, 6) is 1.37. The third kappa shape index (κ3) is 2.95. The average Bonchev–Trinajstić information content (AvgIpc) is 2.19. The standard InChI is InChI=1S/C13H19NOS/c1-8(2)11-6-10(7-13(14)16)9(3)5-12(11)15-4/h5-6,8H,7H2,1-4H3,(H2,14,16). The molecule has 16 heavy (non-hydrogen) atoms. The second kappa shape index (κ2) is 5.30. The quantitative estimate of drug-likeness (QED) is 0.818. The van der Waals surface area contributed by atoms with E-state index in [1.54, 1.807) is 7.11 Å². The van der Waals surface area contributed by atoms with E-state index in [1.807, 2.05) is 0 Å². The molecule has 0 fully saturated rings. The summed E-state index contributed by atoms with van der Waals surface area (Å²) in [6.45, 7) is 6.36. The van der Waals surface area contributed by atoms with Crippen molar-refractivity contribution in [2.45, 2.75) is 33.1 Å². The Balaban J connectivity index is 3.21. The Labute approximate surface area is 103 Å². The first-order valence-corrected chi connectivity index (χ1v) is 5.82. The molecule has 0 aliphatic heterocycles. The lowest BCUT2D eigenvalue weighted by molar-refractivity contribution is 0.407. The van der Waals surface area contributed by atoms with Crippen molar-refractivity contribution < 1.29 is 4.74 Å². The molecule has 0 aliphatic rings. The Kier molecular flexibility index (Phi) is 4.30. The van der Waals surface area contributed by atoms with Crippen molar-refractivity contribution >= 4 is 17.2 Å². The van der Waals surface area contributed by atoms with Gasteiger partial charge < -0.3 is 10.5 Å². The average molecular weight is 237 g/mol. The molecule has 0 aliphatic carbocycles. The van der Waals surface area contributed by atoms with Crippen molar-refractivity contribution in [2.24, 2.45) is 5.73 Å². The van der Waals surface area contributed by atoms with Gasteiger partial charge in [-0.15, -0.1) is 0 Å². The van der Waals surface area contributed by atoms with E-state index in [0.717, 1.165) is 5.75 Å². The molecule has 3 heteroatoms. The molecule has 1 rings (SSSR count). The number of aryl methyl sites for hydroxylation is 1. The zero-order valence-corrected chi connectivity index (χ0v) is 11.1. The summed E-state index contributed by atoms with van der Waals surface area (Å²) in [4.78, 5) is 0.531. The van der Waals surface area contributed by atoms with Gasteiger partial charge in [-0.2, -0.15) is 0 Å². The van der Waals surface area contributed by atoms with Crippen molar-refractivity contribution in [1.29, 1.82) is 0 Å². The van der Waals surface area contributed by atoms with Crippen LogP contribution in [0.2, 0.25) is 0 Å². The minimum Gasteiger partial charge on any atom is -0.496 e. The van der Waals surface area contributed by atoms with Gasteiger partial charge >= 0.3 is 0 Å². The van der Waals surface area contributed by atoms with Crippen LogP contribution < -0.4 is 10.5 Å². The van der Waals surface area contributed by atoms with Gasteiger partial charge in [-0.1, -0.05) is 32.1 Å². The third-order valence-corrected chi connectivity index (χ3v) is 2.82. The number of rotatable bonds is 4. The van der Waals surface area contributed by atoms with Crippen LogP contribution in [0.5, 0.6) is 5.75 Å². The highest BCUT2D eigenvalue weighted by atomic mass is 32.1. The SMILES string of the molecule is COc1cc(C)c(CC(N)=S)cc1C(C)C. The first-order chi connectivity index (χ1) is 7.45. The lowest BCUT2D eigenvalue weighted by atomic mass is 9.95. The molecular weight excluding hydrogens is 218 g/mol. The molecule has 0 saturated heterocycles. The minimum atomic E-state index is 0.431. The van der Waals surface area contributed by atoms with E-state index < -0.39 is 0 Å². The van der Waals surface area contributed by atoms with Gasteiger partial charge in [0.05, 0.1) is 12.1 Å². The highest BCUT2D eigenvalue weighted by molar-refractivity contribution is 7.80.